The second-order valence-electron chi connectivity index (χ2n) is 7.68. The molecule has 2 aromatic carbocycles. The number of ketones is 1. The molecule has 2 fully saturated rings. The molecular formula is C24H24FNO6. The van der Waals surface area contributed by atoms with Crippen LogP contribution in [0.4, 0.5) is 4.39 Å². The van der Waals surface area contributed by atoms with E-state index in [0.717, 1.165) is 12.8 Å². The van der Waals surface area contributed by atoms with Crippen molar-refractivity contribution in [3.8, 4) is 11.5 Å². The van der Waals surface area contributed by atoms with Crippen LogP contribution in [0.25, 0.3) is 5.76 Å². The van der Waals surface area contributed by atoms with Crippen LogP contribution in [0, 0.1) is 5.82 Å². The molecule has 4 rings (SSSR count). The molecule has 2 heterocycles. The average molecular weight is 441 g/mol. The summed E-state index contributed by atoms with van der Waals surface area (Å²) in [7, 11) is 2.86. The number of nitrogens with zero attached hydrogens (tertiary/aromatic N) is 1. The zero-order valence-corrected chi connectivity index (χ0v) is 17.8. The summed E-state index contributed by atoms with van der Waals surface area (Å²) < 4.78 is 30.0. The van der Waals surface area contributed by atoms with Crippen molar-refractivity contribution in [2.75, 3.05) is 27.4 Å². The fraction of sp³-hybridized carbons (Fsp3) is 0.333. The zero-order chi connectivity index (χ0) is 22.8. The number of aliphatic hydroxyl groups is 1. The molecule has 7 nitrogen and oxygen atoms in total. The number of benzene rings is 2. The minimum absolute atomic E-state index is 0.109. The third-order valence-electron chi connectivity index (χ3n) is 5.81. The minimum atomic E-state index is -0.908. The molecule has 8 heteroatoms. The Bertz CT molecular complexity index is 1040. The van der Waals surface area contributed by atoms with E-state index in [1.807, 2.05) is 0 Å². The van der Waals surface area contributed by atoms with Crippen molar-refractivity contribution in [1.82, 2.24) is 4.90 Å². The molecule has 0 spiro atoms. The molecule has 168 valence electrons. The highest BCUT2D eigenvalue weighted by Crippen LogP contribution is 2.43. The summed E-state index contributed by atoms with van der Waals surface area (Å²) in [5, 5.41) is 11.3. The van der Waals surface area contributed by atoms with E-state index in [9.17, 15) is 19.1 Å². The average Bonchev–Trinajstić information content (AvgIpc) is 3.41. The standard InChI is InChI=1S/C24H24FNO6/c1-30-17-6-3-7-18(31-2)19(17)22(27)20-21(14-8-10-15(25)11-9-14)26(24(29)23(20)28)13-16-5-4-12-32-16/h3,6-11,16,21,27H,4-5,12-13H2,1-2H3/b22-20+. The van der Waals surface area contributed by atoms with E-state index < -0.39 is 29.3 Å². The largest absolute Gasteiger partial charge is 0.506 e. The lowest BCUT2D eigenvalue weighted by atomic mass is 9.94. The van der Waals surface area contributed by atoms with Gasteiger partial charge in [-0.05, 0) is 42.7 Å². The Morgan fingerprint density at radius 1 is 1.12 bits per heavy atom. The van der Waals surface area contributed by atoms with E-state index in [1.54, 1.807) is 18.2 Å². The van der Waals surface area contributed by atoms with Gasteiger partial charge < -0.3 is 24.2 Å². The summed E-state index contributed by atoms with van der Waals surface area (Å²) in [5.41, 5.74) is 0.557. The van der Waals surface area contributed by atoms with Crippen LogP contribution < -0.4 is 9.47 Å². The fourth-order valence-electron chi connectivity index (χ4n) is 4.29. The van der Waals surface area contributed by atoms with Gasteiger partial charge in [-0.15, -0.1) is 0 Å². The molecule has 2 aliphatic heterocycles. The Morgan fingerprint density at radius 2 is 1.78 bits per heavy atom. The third kappa shape index (κ3) is 3.82. The number of hydrogen-bond donors (Lipinski definition) is 1. The Kier molecular flexibility index (Phi) is 6.14. The van der Waals surface area contributed by atoms with Crippen LogP contribution in [-0.2, 0) is 14.3 Å². The number of halogens is 1. The normalized spacial score (nSPS) is 22.4. The van der Waals surface area contributed by atoms with Gasteiger partial charge in [-0.2, -0.15) is 0 Å². The highest BCUT2D eigenvalue weighted by atomic mass is 19.1. The molecule has 0 saturated carbocycles. The van der Waals surface area contributed by atoms with Gasteiger partial charge in [-0.1, -0.05) is 18.2 Å². The van der Waals surface area contributed by atoms with Crippen LogP contribution in [0.15, 0.2) is 48.0 Å². The number of carbonyl (C=O) groups excluding carboxylic acids is 2. The van der Waals surface area contributed by atoms with Crippen LogP contribution in [0.5, 0.6) is 11.5 Å². The molecule has 2 unspecified atom stereocenters. The summed E-state index contributed by atoms with van der Waals surface area (Å²) in [4.78, 5) is 27.6. The maximum absolute atomic E-state index is 13.6. The second kappa shape index (κ2) is 9.00. The quantitative estimate of drug-likeness (QED) is 0.420. The first-order valence-electron chi connectivity index (χ1n) is 10.3. The van der Waals surface area contributed by atoms with Crippen molar-refractivity contribution < 1.29 is 33.3 Å². The molecule has 32 heavy (non-hydrogen) atoms. The van der Waals surface area contributed by atoms with Crippen LogP contribution in [0.3, 0.4) is 0 Å². The molecule has 0 radical (unpaired) electrons. The number of ether oxygens (including phenoxy) is 3. The summed E-state index contributed by atoms with van der Waals surface area (Å²) in [6, 6.07) is 9.52. The number of Topliss-reactive ketones (excluding diaryl/α,β-unsaturated/α-hetero) is 1. The zero-order valence-electron chi connectivity index (χ0n) is 17.8. The SMILES string of the molecule is COc1cccc(OC)c1/C(O)=C1\C(=O)C(=O)N(CC2CCCO2)C1c1ccc(F)cc1. The first-order chi connectivity index (χ1) is 15.5. The maximum Gasteiger partial charge on any atom is 0.295 e. The Balaban J connectivity index is 1.89. The topological polar surface area (TPSA) is 85.3 Å². The first-order valence-corrected chi connectivity index (χ1v) is 10.3. The van der Waals surface area contributed by atoms with Crippen molar-refractivity contribution in [3.63, 3.8) is 0 Å². The molecule has 2 aliphatic rings. The van der Waals surface area contributed by atoms with E-state index in [-0.39, 0.29) is 35.3 Å². The monoisotopic (exact) mass is 441 g/mol. The lowest BCUT2D eigenvalue weighted by molar-refractivity contribution is -0.140. The number of likely N-dealkylation sites (tertiary alicyclic amines) is 1. The number of carbonyl (C=O) groups is 2. The Labute approximate surface area is 185 Å². The van der Waals surface area contributed by atoms with E-state index in [1.165, 1.54) is 43.4 Å². The molecule has 1 amide bonds. The Hall–Kier alpha value is -3.39. The molecule has 0 aromatic heterocycles. The van der Waals surface area contributed by atoms with Gasteiger partial charge in [-0.3, -0.25) is 9.59 Å². The van der Waals surface area contributed by atoms with Gasteiger partial charge in [0.2, 0.25) is 0 Å². The van der Waals surface area contributed by atoms with Gasteiger partial charge in [-0.25, -0.2) is 4.39 Å². The van der Waals surface area contributed by atoms with Crippen molar-refractivity contribution in [1.29, 1.82) is 0 Å². The van der Waals surface area contributed by atoms with E-state index in [4.69, 9.17) is 14.2 Å². The van der Waals surface area contributed by atoms with Crippen molar-refractivity contribution in [2.24, 2.45) is 0 Å². The van der Waals surface area contributed by atoms with Gasteiger partial charge in [0, 0.05) is 13.2 Å². The number of methoxy groups -OCH3 is 2. The second-order valence-corrected chi connectivity index (χ2v) is 7.68. The van der Waals surface area contributed by atoms with Gasteiger partial charge in [0.25, 0.3) is 11.7 Å². The predicted octanol–water partition coefficient (Wildman–Crippen LogP) is 3.44. The van der Waals surface area contributed by atoms with Crippen molar-refractivity contribution in [3.05, 3.63) is 65.0 Å². The number of aliphatic hydroxyl groups excluding tert-OH is 1. The number of hydrogen-bond acceptors (Lipinski definition) is 6. The Morgan fingerprint density at radius 3 is 2.34 bits per heavy atom. The smallest absolute Gasteiger partial charge is 0.295 e. The maximum atomic E-state index is 13.6. The summed E-state index contributed by atoms with van der Waals surface area (Å²) in [6.07, 6.45) is 1.42. The first kappa shape index (κ1) is 21.8. The number of rotatable bonds is 6. The lowest BCUT2D eigenvalue weighted by Gasteiger charge is -2.27. The fourth-order valence-corrected chi connectivity index (χ4v) is 4.29. The van der Waals surface area contributed by atoms with Crippen LogP contribution in [0.1, 0.15) is 30.0 Å². The lowest BCUT2D eigenvalue weighted by Crippen LogP contribution is -2.36. The molecule has 2 atom stereocenters. The van der Waals surface area contributed by atoms with E-state index >= 15 is 0 Å². The van der Waals surface area contributed by atoms with Crippen molar-refractivity contribution >= 4 is 17.4 Å². The van der Waals surface area contributed by atoms with Crippen LogP contribution >= 0.6 is 0 Å². The van der Waals surface area contributed by atoms with Gasteiger partial charge in [0.05, 0.1) is 31.9 Å². The minimum Gasteiger partial charge on any atom is -0.506 e. The van der Waals surface area contributed by atoms with Gasteiger partial charge >= 0.3 is 0 Å². The molecule has 2 aromatic rings. The van der Waals surface area contributed by atoms with Crippen molar-refractivity contribution in [2.45, 2.75) is 25.0 Å². The molecule has 2 saturated heterocycles. The van der Waals surface area contributed by atoms with Crippen LogP contribution in [-0.4, -0.2) is 55.2 Å². The molecule has 1 N–H and O–H groups in total. The number of amides is 1. The third-order valence-corrected chi connectivity index (χ3v) is 5.81. The van der Waals surface area contributed by atoms with Crippen LogP contribution in [0.2, 0.25) is 0 Å². The van der Waals surface area contributed by atoms with E-state index in [2.05, 4.69) is 0 Å². The summed E-state index contributed by atoms with van der Waals surface area (Å²) >= 11 is 0. The molecular weight excluding hydrogens is 417 g/mol. The van der Waals surface area contributed by atoms with Gasteiger partial charge in [0.15, 0.2) is 0 Å². The van der Waals surface area contributed by atoms with E-state index in [0.29, 0.717) is 12.2 Å². The molecule has 0 bridgehead atoms. The highest BCUT2D eigenvalue weighted by molar-refractivity contribution is 6.46. The summed E-state index contributed by atoms with van der Waals surface area (Å²) in [5.74, 6) is -1.87. The van der Waals surface area contributed by atoms with Gasteiger partial charge in [0.1, 0.15) is 28.6 Å². The molecule has 0 aliphatic carbocycles. The highest BCUT2D eigenvalue weighted by Gasteiger charge is 2.47. The summed E-state index contributed by atoms with van der Waals surface area (Å²) in [6.45, 7) is 0.778. The predicted molar refractivity (Wildman–Crippen MR) is 114 cm³/mol.